The highest BCUT2D eigenvalue weighted by atomic mass is 32.3. The highest BCUT2D eigenvalue weighted by molar-refractivity contribution is 8.34. The van der Waals surface area contributed by atoms with E-state index in [0.717, 1.165) is 11.4 Å². The first-order chi connectivity index (χ1) is 28.8. The minimum atomic E-state index is -1.97. The van der Waals surface area contributed by atoms with Gasteiger partial charge in [0.1, 0.15) is 0 Å². The summed E-state index contributed by atoms with van der Waals surface area (Å²) >= 11 is 0. The lowest BCUT2D eigenvalue weighted by atomic mass is 9.91. The van der Waals surface area contributed by atoms with Crippen LogP contribution in [0.15, 0.2) is 256 Å². The largest absolute Gasteiger partial charge is 0.309 e. The van der Waals surface area contributed by atoms with Crippen molar-refractivity contribution in [2.45, 2.75) is 19.6 Å². The van der Waals surface area contributed by atoms with E-state index in [9.17, 15) is 0 Å². The fraction of sp³-hybridized carbons (Fsp3) is 0. The predicted octanol–water partition coefficient (Wildman–Crippen LogP) is 16.1. The summed E-state index contributed by atoms with van der Waals surface area (Å²) in [6, 6.07) is 87.4. The molecule has 1 aliphatic heterocycles. The van der Waals surface area contributed by atoms with Crippen LogP contribution in [-0.4, -0.2) is 0 Å². The second kappa shape index (κ2) is 14.1. The second-order valence-corrected chi connectivity index (χ2v) is 17.9. The molecule has 10 aromatic rings. The Bertz CT molecular complexity index is 3040. The lowest BCUT2D eigenvalue weighted by Crippen LogP contribution is -2.13. The maximum atomic E-state index is 2.49. The molecule has 0 aromatic heterocycles. The normalized spacial score (nSPS) is 13.2. The lowest BCUT2D eigenvalue weighted by molar-refractivity contribution is 1.21. The molecule has 0 amide bonds. The summed E-state index contributed by atoms with van der Waals surface area (Å²) in [7, 11) is -1.97. The Labute approximate surface area is 341 Å². The highest BCUT2D eigenvalue weighted by Crippen LogP contribution is 2.82. The molecule has 11 rings (SSSR count). The van der Waals surface area contributed by atoms with Gasteiger partial charge in [0.25, 0.3) is 0 Å². The fourth-order valence-electron chi connectivity index (χ4n) is 9.14. The fourth-order valence-corrected chi connectivity index (χ4v) is 13.5. The molecule has 0 unspecified atom stereocenters. The van der Waals surface area contributed by atoms with E-state index in [1.165, 1.54) is 80.2 Å². The quantitative estimate of drug-likeness (QED) is 0.156. The molecule has 58 heavy (non-hydrogen) atoms. The van der Waals surface area contributed by atoms with Crippen LogP contribution in [0.25, 0.3) is 54.9 Å². The first-order valence-electron chi connectivity index (χ1n) is 19.9. The van der Waals surface area contributed by atoms with Crippen LogP contribution in [0, 0.1) is 0 Å². The van der Waals surface area contributed by atoms with Crippen molar-refractivity contribution in [3.8, 4) is 33.4 Å². The van der Waals surface area contributed by atoms with E-state index < -0.39 is 10.0 Å². The molecule has 1 aliphatic rings. The monoisotopic (exact) mass is 757 g/mol. The van der Waals surface area contributed by atoms with Gasteiger partial charge in [0, 0.05) is 31.0 Å². The minimum Gasteiger partial charge on any atom is -0.309 e. The molecule has 0 N–H and O–H groups in total. The number of rotatable bonds is 7. The zero-order valence-electron chi connectivity index (χ0n) is 31.9. The average molecular weight is 758 g/mol. The van der Waals surface area contributed by atoms with Gasteiger partial charge in [-0.2, -0.15) is 0 Å². The molecule has 0 fully saturated rings. The Morgan fingerprint density at radius 2 is 0.776 bits per heavy atom. The minimum absolute atomic E-state index is 1.11. The second-order valence-electron chi connectivity index (χ2n) is 14.9. The summed E-state index contributed by atoms with van der Waals surface area (Å²) in [6.45, 7) is 0. The maximum absolute atomic E-state index is 2.49. The van der Waals surface area contributed by atoms with Gasteiger partial charge in [0.2, 0.25) is 0 Å². The Kier molecular flexibility index (Phi) is 8.31. The molecule has 1 heterocycles. The highest BCUT2D eigenvalue weighted by Gasteiger charge is 2.45. The van der Waals surface area contributed by atoms with E-state index in [-0.39, 0.29) is 0 Å². The number of hydrogen-bond acceptors (Lipinski definition) is 1. The van der Waals surface area contributed by atoms with Crippen molar-refractivity contribution in [1.29, 1.82) is 0 Å². The Morgan fingerprint density at radius 3 is 1.40 bits per heavy atom. The van der Waals surface area contributed by atoms with Crippen molar-refractivity contribution in [1.82, 2.24) is 0 Å². The number of benzene rings is 10. The number of fused-ring (bicyclic) bond motifs is 5. The summed E-state index contributed by atoms with van der Waals surface area (Å²) in [5, 5.41) is 5.03. The third-order valence-corrected chi connectivity index (χ3v) is 15.6. The van der Waals surface area contributed by atoms with Crippen LogP contribution >= 0.6 is 10.0 Å². The summed E-state index contributed by atoms with van der Waals surface area (Å²) in [4.78, 5) is 7.90. The zero-order valence-corrected chi connectivity index (χ0v) is 32.7. The Hall–Kier alpha value is -7.13. The van der Waals surface area contributed by atoms with E-state index in [1.54, 1.807) is 0 Å². The topological polar surface area (TPSA) is 3.24 Å². The van der Waals surface area contributed by atoms with Crippen LogP contribution in [-0.2, 0) is 0 Å². The van der Waals surface area contributed by atoms with Crippen molar-refractivity contribution < 1.29 is 0 Å². The van der Waals surface area contributed by atoms with E-state index in [2.05, 4.69) is 241 Å². The molecule has 0 spiro atoms. The van der Waals surface area contributed by atoms with Crippen molar-refractivity contribution in [3.05, 3.63) is 237 Å². The maximum Gasteiger partial charge on any atom is 0.0598 e. The van der Waals surface area contributed by atoms with Crippen LogP contribution < -0.4 is 4.90 Å². The standard InChI is InChI=1S/C56H39NS/c1-5-18-40(19-6-1)49-30-15-22-42-23-16-31-50(55(42)49)41-34-36-46(37-35-41)57(45-24-7-2-8-25-45)53-33-17-32-51-52-38-43-20-13-14-21-44(43)39-54(52)58(56(51)53,47-26-9-3-10-27-47)48-28-11-4-12-29-48/h1-39H. The van der Waals surface area contributed by atoms with Crippen LogP contribution in [0.1, 0.15) is 0 Å². The van der Waals surface area contributed by atoms with Crippen LogP contribution in [0.3, 0.4) is 0 Å². The molecule has 0 saturated heterocycles. The molecule has 0 atom stereocenters. The molecule has 0 bridgehead atoms. The number of hydrogen-bond donors (Lipinski definition) is 0. The van der Waals surface area contributed by atoms with Crippen LogP contribution in [0.2, 0.25) is 0 Å². The van der Waals surface area contributed by atoms with E-state index >= 15 is 0 Å². The average Bonchev–Trinajstić information content (AvgIpc) is 3.60. The molecule has 0 radical (unpaired) electrons. The summed E-state index contributed by atoms with van der Waals surface area (Å²) < 4.78 is 0. The molecule has 2 heteroatoms. The Morgan fingerprint density at radius 1 is 0.310 bits per heavy atom. The lowest BCUT2D eigenvalue weighted by Gasteiger charge is -2.42. The van der Waals surface area contributed by atoms with Gasteiger partial charge in [0.15, 0.2) is 0 Å². The SMILES string of the molecule is c1ccc(-c2cccc3cccc(-c4ccc(N(c5ccccc5)c5cccc6c5S(c5ccccc5)(c5ccccc5)c5cc7ccccc7cc5-6)cc4)c23)cc1. The van der Waals surface area contributed by atoms with Gasteiger partial charge in [0.05, 0.1) is 5.69 Å². The molecule has 10 aromatic carbocycles. The predicted molar refractivity (Wildman–Crippen MR) is 246 cm³/mol. The van der Waals surface area contributed by atoms with Crippen molar-refractivity contribution >= 4 is 48.6 Å². The van der Waals surface area contributed by atoms with Gasteiger partial charge >= 0.3 is 0 Å². The summed E-state index contributed by atoms with van der Waals surface area (Å²) in [5.74, 6) is 0. The molecular formula is C56H39NS. The first kappa shape index (κ1) is 34.1. The van der Waals surface area contributed by atoms with Crippen molar-refractivity contribution in [3.63, 3.8) is 0 Å². The molecule has 0 aliphatic carbocycles. The summed E-state index contributed by atoms with van der Waals surface area (Å²) in [6.07, 6.45) is 0. The first-order valence-corrected chi connectivity index (χ1v) is 21.5. The van der Waals surface area contributed by atoms with Crippen LogP contribution in [0.4, 0.5) is 17.1 Å². The van der Waals surface area contributed by atoms with E-state index in [0.29, 0.717) is 0 Å². The summed E-state index contributed by atoms with van der Waals surface area (Å²) in [5.41, 5.74) is 10.9. The molecular weight excluding hydrogens is 719 g/mol. The number of anilines is 3. The van der Waals surface area contributed by atoms with Gasteiger partial charge in [-0.15, -0.1) is 10.0 Å². The third-order valence-electron chi connectivity index (χ3n) is 11.6. The Balaban J connectivity index is 1.16. The number of nitrogens with zero attached hydrogens (tertiary/aromatic N) is 1. The van der Waals surface area contributed by atoms with Crippen molar-refractivity contribution in [2.24, 2.45) is 0 Å². The third kappa shape index (κ3) is 5.41. The number of para-hydroxylation sites is 1. The van der Waals surface area contributed by atoms with Gasteiger partial charge < -0.3 is 4.90 Å². The molecule has 0 saturated carbocycles. The van der Waals surface area contributed by atoms with E-state index in [4.69, 9.17) is 0 Å². The molecule has 274 valence electrons. The molecule has 1 nitrogen and oxygen atoms in total. The van der Waals surface area contributed by atoms with Gasteiger partial charge in [-0.05, 0) is 122 Å². The van der Waals surface area contributed by atoms with Gasteiger partial charge in [-0.3, -0.25) is 0 Å². The van der Waals surface area contributed by atoms with Crippen molar-refractivity contribution in [2.75, 3.05) is 4.90 Å². The van der Waals surface area contributed by atoms with Crippen LogP contribution in [0.5, 0.6) is 0 Å². The smallest absolute Gasteiger partial charge is 0.0598 e. The van der Waals surface area contributed by atoms with E-state index in [1.807, 2.05) is 0 Å². The van der Waals surface area contributed by atoms with Gasteiger partial charge in [-0.25, -0.2) is 0 Å². The van der Waals surface area contributed by atoms with Gasteiger partial charge in [-0.1, -0.05) is 170 Å². The zero-order chi connectivity index (χ0) is 38.5.